The molecule has 0 fully saturated rings. The van der Waals surface area contributed by atoms with E-state index in [0.29, 0.717) is 33.5 Å². The van der Waals surface area contributed by atoms with Crippen molar-refractivity contribution in [3.8, 4) is 0 Å². The second kappa shape index (κ2) is 7.33. The molecular weight excluding hydrogens is 397 g/mol. The first-order chi connectivity index (χ1) is 14.2. The molecule has 154 valence electrons. The molecule has 0 aliphatic rings. The summed E-state index contributed by atoms with van der Waals surface area (Å²) in [5.41, 5.74) is 2.26. The molecule has 0 bridgehead atoms. The van der Waals surface area contributed by atoms with Gasteiger partial charge < -0.3 is 9.73 Å². The average Bonchev–Trinajstić information content (AvgIpc) is 3.25. The molecule has 0 saturated carbocycles. The first-order valence-corrected chi connectivity index (χ1v) is 9.07. The van der Waals surface area contributed by atoms with Gasteiger partial charge in [0.15, 0.2) is 11.5 Å². The van der Waals surface area contributed by atoms with Gasteiger partial charge in [0.2, 0.25) is 0 Å². The summed E-state index contributed by atoms with van der Waals surface area (Å²) in [7, 11) is 0. The molecule has 0 aliphatic heterocycles. The summed E-state index contributed by atoms with van der Waals surface area (Å²) in [5.74, 6) is -0.0575. The first kappa shape index (κ1) is 19.7. The van der Waals surface area contributed by atoms with Crippen molar-refractivity contribution in [2.45, 2.75) is 26.6 Å². The third kappa shape index (κ3) is 3.78. The number of hydrogen-bond donors (Lipinski definition) is 1. The number of benzene rings is 1. The van der Waals surface area contributed by atoms with Crippen LogP contribution >= 0.6 is 0 Å². The number of carbonyl (C=O) groups is 1. The summed E-state index contributed by atoms with van der Waals surface area (Å²) < 4.78 is 45.0. The molecule has 4 aromatic rings. The summed E-state index contributed by atoms with van der Waals surface area (Å²) in [6.07, 6.45) is -1.56. The minimum atomic E-state index is -4.39. The largest absolute Gasteiger partial charge is 0.471 e. The van der Waals surface area contributed by atoms with Crippen molar-refractivity contribution in [3.63, 3.8) is 0 Å². The summed E-state index contributed by atoms with van der Waals surface area (Å²) in [5, 5.41) is 7.84. The summed E-state index contributed by atoms with van der Waals surface area (Å²) >= 11 is 0. The van der Waals surface area contributed by atoms with Gasteiger partial charge in [-0.05, 0) is 49.2 Å². The first-order valence-electron chi connectivity index (χ1n) is 9.07. The second-order valence-electron chi connectivity index (χ2n) is 6.95. The van der Waals surface area contributed by atoms with Crippen LogP contribution in [0, 0.1) is 13.8 Å². The molecule has 0 saturated heterocycles. The fourth-order valence-corrected chi connectivity index (χ4v) is 3.09. The molecule has 30 heavy (non-hydrogen) atoms. The molecule has 3 heterocycles. The van der Waals surface area contributed by atoms with Gasteiger partial charge in [-0.3, -0.25) is 4.79 Å². The van der Waals surface area contributed by atoms with E-state index in [4.69, 9.17) is 4.42 Å². The number of anilines is 1. The summed E-state index contributed by atoms with van der Waals surface area (Å²) in [4.78, 5) is 17.0. The molecule has 1 amide bonds. The van der Waals surface area contributed by atoms with Crippen LogP contribution in [0.25, 0.3) is 11.0 Å². The van der Waals surface area contributed by atoms with Crippen LogP contribution < -0.4 is 5.32 Å². The van der Waals surface area contributed by atoms with Gasteiger partial charge in [-0.2, -0.15) is 18.3 Å². The topological polar surface area (TPSA) is 73.0 Å². The van der Waals surface area contributed by atoms with E-state index in [1.807, 2.05) is 6.92 Å². The maximum Gasteiger partial charge on any atom is 0.416 e. The van der Waals surface area contributed by atoms with Crippen molar-refractivity contribution in [3.05, 3.63) is 76.9 Å². The zero-order valence-corrected chi connectivity index (χ0v) is 16.1. The highest BCUT2D eigenvalue weighted by Gasteiger charge is 2.30. The van der Waals surface area contributed by atoms with Gasteiger partial charge in [0, 0.05) is 5.69 Å². The standard InChI is InChI=1S/C21H17F3N4O2/c1-12-10-30-11-17(12)20(29)26-18-16-8-3-13(2)25-19(16)28(27-18)9-14-4-6-15(7-5-14)21(22,23)24/h3-8,10-11H,9H2,1-2H3,(H,26,27,29). The maximum absolute atomic E-state index is 12.8. The Hall–Kier alpha value is -3.62. The molecule has 1 N–H and O–H groups in total. The number of alkyl halides is 3. The normalized spacial score (nSPS) is 11.8. The van der Waals surface area contributed by atoms with Gasteiger partial charge in [0.25, 0.3) is 5.91 Å². The fourth-order valence-electron chi connectivity index (χ4n) is 3.09. The van der Waals surface area contributed by atoms with E-state index < -0.39 is 11.7 Å². The van der Waals surface area contributed by atoms with Crippen LogP contribution in [0.2, 0.25) is 0 Å². The van der Waals surface area contributed by atoms with Crippen LogP contribution in [0.3, 0.4) is 0 Å². The molecule has 0 atom stereocenters. The third-order valence-electron chi connectivity index (χ3n) is 4.68. The molecule has 3 aromatic heterocycles. The monoisotopic (exact) mass is 414 g/mol. The number of aromatic nitrogens is 3. The minimum absolute atomic E-state index is 0.200. The minimum Gasteiger partial charge on any atom is -0.471 e. The number of halogens is 3. The van der Waals surface area contributed by atoms with Crippen molar-refractivity contribution in [1.29, 1.82) is 0 Å². The molecule has 4 rings (SSSR count). The zero-order chi connectivity index (χ0) is 21.5. The maximum atomic E-state index is 12.8. The van der Waals surface area contributed by atoms with E-state index in [2.05, 4.69) is 15.4 Å². The fraction of sp³-hybridized carbons (Fsp3) is 0.190. The molecule has 9 heteroatoms. The Kier molecular flexibility index (Phi) is 4.81. The van der Waals surface area contributed by atoms with Crippen molar-refractivity contribution in [2.75, 3.05) is 5.32 Å². The number of nitrogens with one attached hydrogen (secondary N) is 1. The number of carbonyl (C=O) groups excluding carboxylic acids is 1. The molecule has 0 unspecified atom stereocenters. The Morgan fingerprint density at radius 3 is 2.47 bits per heavy atom. The zero-order valence-electron chi connectivity index (χ0n) is 16.1. The van der Waals surface area contributed by atoms with Crippen LogP contribution in [0.15, 0.2) is 53.3 Å². The number of nitrogens with zero attached hydrogens (tertiary/aromatic N) is 3. The van der Waals surface area contributed by atoms with Crippen molar-refractivity contribution in [1.82, 2.24) is 14.8 Å². The summed E-state index contributed by atoms with van der Waals surface area (Å²) in [6, 6.07) is 8.46. The van der Waals surface area contributed by atoms with Crippen molar-refractivity contribution >= 4 is 22.8 Å². The Morgan fingerprint density at radius 1 is 1.10 bits per heavy atom. The molecule has 0 spiro atoms. The van der Waals surface area contributed by atoms with Gasteiger partial charge in [0.05, 0.1) is 29.3 Å². The molecule has 0 radical (unpaired) electrons. The predicted molar refractivity (Wildman–Crippen MR) is 104 cm³/mol. The van der Waals surface area contributed by atoms with E-state index in [0.717, 1.165) is 17.8 Å². The van der Waals surface area contributed by atoms with E-state index in [-0.39, 0.29) is 12.5 Å². The number of fused-ring (bicyclic) bond motifs is 1. The van der Waals surface area contributed by atoms with E-state index in [1.165, 1.54) is 24.7 Å². The number of hydrogen-bond acceptors (Lipinski definition) is 4. The van der Waals surface area contributed by atoms with Gasteiger partial charge in [0.1, 0.15) is 6.26 Å². The Balaban J connectivity index is 1.67. The van der Waals surface area contributed by atoms with Crippen LogP contribution in [-0.2, 0) is 12.7 Å². The molecule has 0 aliphatic carbocycles. The van der Waals surface area contributed by atoms with Gasteiger partial charge in [-0.15, -0.1) is 0 Å². The van der Waals surface area contributed by atoms with Crippen molar-refractivity contribution in [2.24, 2.45) is 0 Å². The molecular formula is C21H17F3N4O2. The third-order valence-corrected chi connectivity index (χ3v) is 4.68. The Bertz CT molecular complexity index is 1220. The second-order valence-corrected chi connectivity index (χ2v) is 6.95. The van der Waals surface area contributed by atoms with Crippen LogP contribution in [0.1, 0.15) is 32.7 Å². The van der Waals surface area contributed by atoms with Crippen LogP contribution in [0.5, 0.6) is 0 Å². The van der Waals surface area contributed by atoms with Gasteiger partial charge in [-0.1, -0.05) is 12.1 Å². The number of rotatable bonds is 4. The summed E-state index contributed by atoms with van der Waals surface area (Å²) in [6.45, 7) is 3.78. The van der Waals surface area contributed by atoms with E-state index >= 15 is 0 Å². The van der Waals surface area contributed by atoms with Crippen LogP contribution in [-0.4, -0.2) is 20.7 Å². The number of pyridine rings is 1. The predicted octanol–water partition coefficient (Wildman–Crippen LogP) is 4.96. The SMILES string of the molecule is Cc1ccc2c(NC(=O)c3cocc3C)nn(Cc3ccc(C(F)(F)F)cc3)c2n1. The van der Waals surface area contributed by atoms with Gasteiger partial charge >= 0.3 is 6.18 Å². The lowest BCUT2D eigenvalue weighted by Gasteiger charge is -2.08. The highest BCUT2D eigenvalue weighted by Crippen LogP contribution is 2.29. The molecule has 6 nitrogen and oxygen atoms in total. The van der Waals surface area contributed by atoms with Gasteiger partial charge in [-0.25, -0.2) is 9.67 Å². The smallest absolute Gasteiger partial charge is 0.416 e. The molecule has 1 aromatic carbocycles. The lowest BCUT2D eigenvalue weighted by Crippen LogP contribution is -2.13. The average molecular weight is 414 g/mol. The van der Waals surface area contributed by atoms with Crippen molar-refractivity contribution < 1.29 is 22.4 Å². The van der Waals surface area contributed by atoms with E-state index in [9.17, 15) is 18.0 Å². The Morgan fingerprint density at radius 2 is 1.83 bits per heavy atom. The van der Waals surface area contributed by atoms with Crippen LogP contribution in [0.4, 0.5) is 19.0 Å². The number of furan rings is 1. The lowest BCUT2D eigenvalue weighted by atomic mass is 10.1. The highest BCUT2D eigenvalue weighted by molar-refractivity contribution is 6.08. The number of amides is 1. The highest BCUT2D eigenvalue weighted by atomic mass is 19.4. The number of aryl methyl sites for hydroxylation is 2. The van der Waals surface area contributed by atoms with E-state index in [1.54, 1.807) is 23.7 Å². The Labute approximate surface area is 169 Å². The quantitative estimate of drug-likeness (QED) is 0.512. The lowest BCUT2D eigenvalue weighted by molar-refractivity contribution is -0.137.